The molecule has 1 unspecified atom stereocenters. The number of non-ortho nitro benzene ring substituents is 1. The topological polar surface area (TPSA) is 113 Å². The molecule has 1 spiro atoms. The van der Waals surface area contributed by atoms with E-state index in [-0.39, 0.29) is 29.5 Å². The summed E-state index contributed by atoms with van der Waals surface area (Å²) in [6, 6.07) is 5.56. The first-order valence-electron chi connectivity index (χ1n) is 10.6. The van der Waals surface area contributed by atoms with Crippen LogP contribution in [-0.4, -0.2) is 63.6 Å². The van der Waals surface area contributed by atoms with Gasteiger partial charge in [-0.05, 0) is 57.1 Å². The zero-order chi connectivity index (χ0) is 21.3. The summed E-state index contributed by atoms with van der Waals surface area (Å²) in [6.07, 6.45) is 4.56. The molecule has 0 radical (unpaired) electrons. The number of aliphatic hydroxyl groups excluding tert-OH is 1. The summed E-state index contributed by atoms with van der Waals surface area (Å²) in [5.41, 5.74) is -0.624. The van der Waals surface area contributed by atoms with Crippen molar-refractivity contribution in [2.75, 3.05) is 19.6 Å². The number of hydrogen-bond donors (Lipinski definition) is 1. The second-order valence-electron chi connectivity index (χ2n) is 8.64. The molecule has 2 heterocycles. The first-order chi connectivity index (χ1) is 14.4. The molecule has 3 aliphatic rings. The highest BCUT2D eigenvalue weighted by molar-refractivity contribution is 5.86. The second kappa shape index (κ2) is 8.22. The van der Waals surface area contributed by atoms with Gasteiger partial charge in [0.2, 0.25) is 5.91 Å². The number of carbonyl (C=O) groups is 2. The van der Waals surface area contributed by atoms with Gasteiger partial charge in [-0.25, -0.2) is 4.79 Å². The number of nitro benzene ring substituents is 1. The molecule has 1 saturated carbocycles. The molecule has 1 aromatic rings. The molecule has 1 aromatic carbocycles. The van der Waals surface area contributed by atoms with Crippen molar-refractivity contribution < 1.29 is 24.4 Å². The maximum Gasteiger partial charge on any atom is 0.415 e. The van der Waals surface area contributed by atoms with Crippen LogP contribution in [0.5, 0.6) is 5.75 Å². The van der Waals surface area contributed by atoms with Crippen LogP contribution in [0.15, 0.2) is 24.3 Å². The van der Waals surface area contributed by atoms with Crippen LogP contribution in [0.3, 0.4) is 0 Å². The Morgan fingerprint density at radius 1 is 1.13 bits per heavy atom. The van der Waals surface area contributed by atoms with Crippen molar-refractivity contribution in [3.8, 4) is 5.75 Å². The fourth-order valence-corrected chi connectivity index (χ4v) is 5.03. The van der Waals surface area contributed by atoms with Crippen molar-refractivity contribution in [1.82, 2.24) is 9.80 Å². The first-order valence-corrected chi connectivity index (χ1v) is 10.6. The number of piperidine rings is 1. The van der Waals surface area contributed by atoms with E-state index in [1.54, 1.807) is 4.90 Å². The van der Waals surface area contributed by atoms with Gasteiger partial charge >= 0.3 is 6.09 Å². The Balaban J connectivity index is 1.39. The Bertz CT molecular complexity index is 821. The normalized spacial score (nSPS) is 29.3. The lowest BCUT2D eigenvalue weighted by molar-refractivity contribution is -0.384. The van der Waals surface area contributed by atoms with Gasteiger partial charge in [-0.2, -0.15) is 0 Å². The van der Waals surface area contributed by atoms with Gasteiger partial charge in [-0.1, -0.05) is 0 Å². The number of carbonyl (C=O) groups excluding carboxylic acids is 2. The van der Waals surface area contributed by atoms with Crippen LogP contribution < -0.4 is 4.74 Å². The monoisotopic (exact) mass is 417 g/mol. The Hall–Kier alpha value is -2.68. The van der Waals surface area contributed by atoms with Crippen molar-refractivity contribution in [2.45, 2.75) is 57.1 Å². The summed E-state index contributed by atoms with van der Waals surface area (Å²) in [5, 5.41) is 20.5. The van der Waals surface area contributed by atoms with Gasteiger partial charge in [0.05, 0.1) is 16.4 Å². The fraction of sp³-hybridized carbons (Fsp3) is 0.619. The molecule has 9 nitrogen and oxygen atoms in total. The number of amides is 2. The number of nitrogens with zero attached hydrogens (tertiary/aromatic N) is 3. The predicted molar refractivity (Wildman–Crippen MR) is 107 cm³/mol. The van der Waals surface area contributed by atoms with Gasteiger partial charge in [0, 0.05) is 37.8 Å². The average Bonchev–Trinajstić information content (AvgIpc) is 3.04. The maximum absolute atomic E-state index is 13.3. The maximum atomic E-state index is 13.3. The number of benzene rings is 1. The molecule has 0 aromatic heterocycles. The van der Waals surface area contributed by atoms with Crippen LogP contribution in [0.4, 0.5) is 10.5 Å². The van der Waals surface area contributed by atoms with Gasteiger partial charge < -0.3 is 19.6 Å². The van der Waals surface area contributed by atoms with Gasteiger partial charge in [-0.15, -0.1) is 0 Å². The summed E-state index contributed by atoms with van der Waals surface area (Å²) in [6.45, 7) is 1.56. The van der Waals surface area contributed by atoms with Crippen molar-refractivity contribution >= 4 is 17.7 Å². The number of likely N-dealkylation sites (tertiary alicyclic amines) is 2. The summed E-state index contributed by atoms with van der Waals surface area (Å²) >= 11 is 0. The Kier molecular flexibility index (Phi) is 5.64. The molecule has 3 fully saturated rings. The predicted octanol–water partition coefficient (Wildman–Crippen LogP) is 2.71. The number of nitro groups is 1. The van der Waals surface area contributed by atoms with E-state index in [2.05, 4.69) is 0 Å². The Morgan fingerprint density at radius 3 is 2.50 bits per heavy atom. The van der Waals surface area contributed by atoms with E-state index < -0.39 is 16.4 Å². The van der Waals surface area contributed by atoms with Crippen LogP contribution in [0.1, 0.15) is 44.9 Å². The molecular formula is C21H27N3O6. The summed E-state index contributed by atoms with van der Waals surface area (Å²) in [5.74, 6) is 0.363. The third-order valence-corrected chi connectivity index (χ3v) is 6.74. The summed E-state index contributed by atoms with van der Waals surface area (Å²) in [7, 11) is 0. The minimum atomic E-state index is -0.553. The van der Waals surface area contributed by atoms with E-state index in [1.807, 2.05) is 4.90 Å². The molecule has 9 heteroatoms. The third-order valence-electron chi connectivity index (χ3n) is 6.74. The van der Waals surface area contributed by atoms with Crippen LogP contribution in [0.2, 0.25) is 0 Å². The molecule has 0 bridgehead atoms. The van der Waals surface area contributed by atoms with Crippen molar-refractivity contribution in [3.63, 3.8) is 0 Å². The minimum absolute atomic E-state index is 0.0707. The van der Waals surface area contributed by atoms with E-state index in [1.165, 1.54) is 24.3 Å². The lowest BCUT2D eigenvalue weighted by Gasteiger charge is -2.39. The highest BCUT2D eigenvalue weighted by Gasteiger charge is 2.51. The van der Waals surface area contributed by atoms with Crippen LogP contribution in [-0.2, 0) is 4.79 Å². The molecule has 2 saturated heterocycles. The SMILES string of the molecule is O=C(Oc1ccc([N+](=O)[O-])cc1)N1CCCC2(CCN(C3CCC(O)CC3)C2=O)C1. The smallest absolute Gasteiger partial charge is 0.410 e. The van der Waals surface area contributed by atoms with E-state index >= 15 is 0 Å². The van der Waals surface area contributed by atoms with Gasteiger partial charge in [-0.3, -0.25) is 14.9 Å². The van der Waals surface area contributed by atoms with Crippen molar-refractivity contribution in [2.24, 2.45) is 5.41 Å². The largest absolute Gasteiger partial charge is 0.415 e. The quantitative estimate of drug-likeness (QED) is 0.598. The molecule has 30 heavy (non-hydrogen) atoms. The van der Waals surface area contributed by atoms with Crippen molar-refractivity contribution in [3.05, 3.63) is 34.4 Å². The zero-order valence-electron chi connectivity index (χ0n) is 16.9. The van der Waals surface area contributed by atoms with E-state index in [4.69, 9.17) is 4.74 Å². The molecule has 162 valence electrons. The Morgan fingerprint density at radius 2 is 1.83 bits per heavy atom. The lowest BCUT2D eigenvalue weighted by atomic mass is 9.78. The molecule has 1 aliphatic carbocycles. The summed E-state index contributed by atoms with van der Waals surface area (Å²) in [4.78, 5) is 39.8. The van der Waals surface area contributed by atoms with E-state index in [9.17, 15) is 24.8 Å². The van der Waals surface area contributed by atoms with Crippen LogP contribution in [0.25, 0.3) is 0 Å². The van der Waals surface area contributed by atoms with Gasteiger partial charge in [0.25, 0.3) is 5.69 Å². The standard InChI is InChI=1S/C21H27N3O6/c25-17-6-2-15(3-7-17)23-13-11-21(19(23)26)10-1-12-22(14-21)20(27)30-18-8-4-16(5-9-18)24(28)29/h4-5,8-9,15,17,25H,1-3,6-7,10-14H2. The molecular weight excluding hydrogens is 390 g/mol. The highest BCUT2D eigenvalue weighted by Crippen LogP contribution is 2.42. The number of aliphatic hydroxyl groups is 1. The second-order valence-corrected chi connectivity index (χ2v) is 8.64. The molecule has 1 atom stereocenters. The molecule has 1 N–H and O–H groups in total. The molecule has 2 amide bonds. The molecule has 2 aliphatic heterocycles. The van der Waals surface area contributed by atoms with E-state index in [0.29, 0.717) is 19.6 Å². The highest BCUT2D eigenvalue weighted by atomic mass is 16.6. The zero-order valence-corrected chi connectivity index (χ0v) is 16.9. The van der Waals surface area contributed by atoms with Gasteiger partial charge in [0.1, 0.15) is 5.75 Å². The molecule has 4 rings (SSSR count). The van der Waals surface area contributed by atoms with Crippen LogP contribution in [0, 0.1) is 15.5 Å². The minimum Gasteiger partial charge on any atom is -0.410 e. The van der Waals surface area contributed by atoms with E-state index in [0.717, 1.165) is 44.9 Å². The first kappa shape index (κ1) is 20.6. The van der Waals surface area contributed by atoms with Crippen LogP contribution >= 0.6 is 0 Å². The third kappa shape index (κ3) is 3.98. The number of rotatable bonds is 3. The van der Waals surface area contributed by atoms with Gasteiger partial charge in [0.15, 0.2) is 0 Å². The number of ether oxygens (including phenoxy) is 1. The fourth-order valence-electron chi connectivity index (χ4n) is 5.03. The average molecular weight is 417 g/mol. The number of hydrogen-bond acceptors (Lipinski definition) is 6. The summed E-state index contributed by atoms with van der Waals surface area (Å²) < 4.78 is 5.39. The van der Waals surface area contributed by atoms with Crippen molar-refractivity contribution in [1.29, 1.82) is 0 Å². The lowest BCUT2D eigenvalue weighted by Crippen LogP contribution is -2.52. The Labute approximate surface area is 174 Å².